The van der Waals surface area contributed by atoms with Crippen molar-refractivity contribution in [2.75, 3.05) is 0 Å². The molecule has 4 nitrogen and oxygen atoms in total. The van der Waals surface area contributed by atoms with Crippen molar-refractivity contribution in [2.45, 2.75) is 32.6 Å². The van der Waals surface area contributed by atoms with Gasteiger partial charge in [-0.2, -0.15) is 0 Å². The fourth-order valence-electron chi connectivity index (χ4n) is 2.87. The zero-order chi connectivity index (χ0) is 13.4. The van der Waals surface area contributed by atoms with Crippen LogP contribution >= 0.6 is 0 Å². The number of benzene rings is 1. The van der Waals surface area contributed by atoms with E-state index < -0.39 is 0 Å². The molecule has 0 radical (unpaired) electrons. The summed E-state index contributed by atoms with van der Waals surface area (Å²) in [6, 6.07) is 6.02. The van der Waals surface area contributed by atoms with Gasteiger partial charge in [-0.25, -0.2) is 5.84 Å². The number of carbonyl (C=O) groups is 1. The summed E-state index contributed by atoms with van der Waals surface area (Å²) in [5.41, 5.74) is 7.12. The molecule has 0 aliphatic heterocycles. The summed E-state index contributed by atoms with van der Waals surface area (Å²) < 4.78 is 0. The van der Waals surface area contributed by atoms with Crippen LogP contribution in [-0.4, -0.2) is 10.9 Å². The van der Waals surface area contributed by atoms with Crippen molar-refractivity contribution in [1.29, 1.82) is 0 Å². The van der Waals surface area contributed by atoms with Crippen molar-refractivity contribution in [3.05, 3.63) is 40.6 Å². The van der Waals surface area contributed by atoms with E-state index >= 15 is 0 Å². The lowest BCUT2D eigenvalue weighted by Crippen LogP contribution is -2.32. The highest BCUT2D eigenvalue weighted by Gasteiger charge is 2.22. The van der Waals surface area contributed by atoms with E-state index in [4.69, 9.17) is 10.8 Å². The van der Waals surface area contributed by atoms with Crippen LogP contribution in [0.15, 0.2) is 18.2 Å². The molecule has 0 saturated carbocycles. The second kappa shape index (κ2) is 4.63. The lowest BCUT2D eigenvalue weighted by Gasteiger charge is -2.20. The van der Waals surface area contributed by atoms with Crippen molar-refractivity contribution < 1.29 is 4.79 Å². The van der Waals surface area contributed by atoms with Crippen molar-refractivity contribution in [3.63, 3.8) is 0 Å². The minimum absolute atomic E-state index is 0.212. The molecule has 0 spiro atoms. The van der Waals surface area contributed by atoms with E-state index in [9.17, 15) is 4.79 Å². The van der Waals surface area contributed by atoms with E-state index in [-0.39, 0.29) is 5.91 Å². The summed E-state index contributed by atoms with van der Waals surface area (Å²) >= 11 is 0. The van der Waals surface area contributed by atoms with Gasteiger partial charge in [-0.3, -0.25) is 15.2 Å². The largest absolute Gasteiger partial charge is 0.290 e. The van der Waals surface area contributed by atoms with Crippen LogP contribution in [0, 0.1) is 6.92 Å². The summed E-state index contributed by atoms with van der Waals surface area (Å²) in [7, 11) is 0. The maximum atomic E-state index is 12.1. The van der Waals surface area contributed by atoms with Crippen molar-refractivity contribution in [1.82, 2.24) is 10.4 Å². The van der Waals surface area contributed by atoms with Crippen LogP contribution in [0.3, 0.4) is 0 Å². The summed E-state index contributed by atoms with van der Waals surface area (Å²) in [4.78, 5) is 16.9. The molecular weight excluding hydrogens is 238 g/mol. The van der Waals surface area contributed by atoms with Gasteiger partial charge in [0.15, 0.2) is 0 Å². The summed E-state index contributed by atoms with van der Waals surface area (Å²) in [6.07, 6.45) is 4.11. The Hall–Kier alpha value is -1.94. The van der Waals surface area contributed by atoms with Crippen LogP contribution in [0.25, 0.3) is 10.9 Å². The summed E-state index contributed by atoms with van der Waals surface area (Å²) in [5, 5.41) is 0.906. The molecule has 19 heavy (non-hydrogen) atoms. The Kier molecular flexibility index (Phi) is 2.95. The molecule has 0 atom stereocenters. The number of aryl methyl sites for hydroxylation is 2. The van der Waals surface area contributed by atoms with Gasteiger partial charge in [-0.15, -0.1) is 0 Å². The average molecular weight is 255 g/mol. The SMILES string of the molecule is Cc1ccc2nc3c(c(C(=O)NN)c2c1)CCCC3. The van der Waals surface area contributed by atoms with Gasteiger partial charge < -0.3 is 0 Å². The van der Waals surface area contributed by atoms with Gasteiger partial charge in [0, 0.05) is 11.1 Å². The smallest absolute Gasteiger partial charge is 0.266 e. The number of fused-ring (bicyclic) bond motifs is 2. The minimum atomic E-state index is -0.212. The summed E-state index contributed by atoms with van der Waals surface area (Å²) in [5.74, 6) is 5.13. The van der Waals surface area contributed by atoms with Gasteiger partial charge in [0.05, 0.1) is 11.1 Å². The maximum absolute atomic E-state index is 12.1. The Bertz CT molecular complexity index is 664. The molecule has 1 aliphatic carbocycles. The first-order valence-corrected chi connectivity index (χ1v) is 6.64. The molecule has 1 aromatic carbocycles. The van der Waals surface area contributed by atoms with E-state index in [0.717, 1.165) is 53.4 Å². The third kappa shape index (κ3) is 1.98. The predicted molar refractivity (Wildman–Crippen MR) is 74.8 cm³/mol. The Morgan fingerprint density at radius 2 is 2.11 bits per heavy atom. The van der Waals surface area contributed by atoms with Gasteiger partial charge >= 0.3 is 0 Å². The monoisotopic (exact) mass is 255 g/mol. The first-order chi connectivity index (χ1) is 9.20. The fourth-order valence-corrected chi connectivity index (χ4v) is 2.87. The number of nitrogens with two attached hydrogens (primary N) is 1. The van der Waals surface area contributed by atoms with Crippen LogP contribution in [0.1, 0.15) is 40.0 Å². The topological polar surface area (TPSA) is 68.0 Å². The predicted octanol–water partition coefficient (Wildman–Crippen LogP) is 2.03. The quantitative estimate of drug-likeness (QED) is 0.465. The first kappa shape index (κ1) is 12.1. The van der Waals surface area contributed by atoms with Crippen LogP contribution in [0.4, 0.5) is 0 Å². The lowest BCUT2D eigenvalue weighted by molar-refractivity contribution is 0.0954. The second-order valence-electron chi connectivity index (χ2n) is 5.11. The third-order valence-electron chi connectivity index (χ3n) is 3.78. The number of pyridine rings is 1. The zero-order valence-corrected chi connectivity index (χ0v) is 11.0. The van der Waals surface area contributed by atoms with Crippen LogP contribution in [0.5, 0.6) is 0 Å². The molecule has 0 bridgehead atoms. The fraction of sp³-hybridized carbons (Fsp3) is 0.333. The van der Waals surface area contributed by atoms with E-state index in [1.165, 1.54) is 0 Å². The molecule has 1 aliphatic rings. The van der Waals surface area contributed by atoms with E-state index in [1.807, 2.05) is 25.1 Å². The third-order valence-corrected chi connectivity index (χ3v) is 3.78. The molecule has 98 valence electrons. The van der Waals surface area contributed by atoms with Crippen LogP contribution in [0.2, 0.25) is 0 Å². The molecule has 4 heteroatoms. The molecule has 0 unspecified atom stereocenters. The van der Waals surface area contributed by atoms with E-state index in [0.29, 0.717) is 5.56 Å². The number of nitrogens with zero attached hydrogens (tertiary/aromatic N) is 1. The Morgan fingerprint density at radius 1 is 1.32 bits per heavy atom. The normalized spacial score (nSPS) is 14.2. The van der Waals surface area contributed by atoms with Crippen molar-refractivity contribution >= 4 is 16.8 Å². The summed E-state index contributed by atoms with van der Waals surface area (Å²) in [6.45, 7) is 2.02. The molecule has 2 aromatic rings. The minimum Gasteiger partial charge on any atom is -0.290 e. The Morgan fingerprint density at radius 3 is 2.89 bits per heavy atom. The van der Waals surface area contributed by atoms with Gasteiger partial charge in [0.25, 0.3) is 5.91 Å². The highest BCUT2D eigenvalue weighted by molar-refractivity contribution is 6.07. The molecule has 3 rings (SSSR count). The van der Waals surface area contributed by atoms with Crippen LogP contribution < -0.4 is 11.3 Å². The standard InChI is InChI=1S/C15H17N3O/c1-9-6-7-13-11(8-9)14(15(19)18-16)10-4-2-3-5-12(10)17-13/h6-8H,2-5,16H2,1H3,(H,18,19). The number of hydrogen-bond acceptors (Lipinski definition) is 3. The maximum Gasteiger partial charge on any atom is 0.266 e. The Balaban J connectivity index is 2.37. The number of hydrazine groups is 1. The van der Waals surface area contributed by atoms with Gasteiger partial charge in [0.1, 0.15) is 0 Å². The van der Waals surface area contributed by atoms with Crippen molar-refractivity contribution in [2.24, 2.45) is 5.84 Å². The van der Waals surface area contributed by atoms with Gasteiger partial charge in [0.2, 0.25) is 0 Å². The molecule has 0 saturated heterocycles. The second-order valence-corrected chi connectivity index (χ2v) is 5.11. The average Bonchev–Trinajstić information content (AvgIpc) is 2.44. The molecule has 0 fully saturated rings. The molecular formula is C15H17N3O. The first-order valence-electron chi connectivity index (χ1n) is 6.64. The van der Waals surface area contributed by atoms with Crippen molar-refractivity contribution in [3.8, 4) is 0 Å². The van der Waals surface area contributed by atoms with Crippen LogP contribution in [-0.2, 0) is 12.8 Å². The molecule has 1 heterocycles. The number of aromatic nitrogens is 1. The number of amides is 1. The molecule has 1 amide bonds. The highest BCUT2D eigenvalue weighted by Crippen LogP contribution is 2.29. The number of nitrogens with one attached hydrogen (secondary N) is 1. The molecule has 3 N–H and O–H groups in total. The van der Waals surface area contributed by atoms with Gasteiger partial charge in [-0.1, -0.05) is 11.6 Å². The number of carbonyl (C=O) groups excluding carboxylic acids is 1. The lowest BCUT2D eigenvalue weighted by atomic mass is 9.89. The Labute approximate surface area is 112 Å². The highest BCUT2D eigenvalue weighted by atomic mass is 16.2. The number of nitrogen functional groups attached to an aromatic ring is 1. The van der Waals surface area contributed by atoms with E-state index in [1.54, 1.807) is 0 Å². The zero-order valence-electron chi connectivity index (χ0n) is 11.0. The molecule has 1 aromatic heterocycles. The number of hydrogen-bond donors (Lipinski definition) is 2. The number of rotatable bonds is 1. The van der Waals surface area contributed by atoms with Gasteiger partial charge in [-0.05, 0) is 50.3 Å². The van der Waals surface area contributed by atoms with E-state index in [2.05, 4.69) is 5.43 Å².